The summed E-state index contributed by atoms with van der Waals surface area (Å²) in [6, 6.07) is 9.49. The van der Waals surface area contributed by atoms with Gasteiger partial charge >= 0.3 is 0 Å². The number of aliphatic hydroxyl groups excluding tert-OH is 1. The maximum atomic E-state index is 12.2. The molecule has 1 saturated heterocycles. The van der Waals surface area contributed by atoms with Gasteiger partial charge in [-0.15, -0.1) is 12.4 Å². The zero-order valence-electron chi connectivity index (χ0n) is 12.1. The molecule has 1 fully saturated rings. The molecule has 0 spiro atoms. The van der Waals surface area contributed by atoms with Crippen LogP contribution in [0.5, 0.6) is 0 Å². The van der Waals surface area contributed by atoms with Gasteiger partial charge in [-0.05, 0) is 5.56 Å². The molecule has 5 nitrogen and oxygen atoms in total. The van der Waals surface area contributed by atoms with E-state index in [9.17, 15) is 4.79 Å². The molecule has 1 aliphatic rings. The predicted octanol–water partition coefficient (Wildman–Crippen LogP) is 0.635. The number of amides is 1. The maximum Gasteiger partial charge on any atom is 0.224 e. The Morgan fingerprint density at radius 3 is 2.38 bits per heavy atom. The first-order valence-electron chi connectivity index (χ1n) is 7.12. The molecular formula is C15H24ClN3O2. The number of halogens is 1. The number of nitrogens with two attached hydrogens (primary N) is 1. The summed E-state index contributed by atoms with van der Waals surface area (Å²) >= 11 is 0. The van der Waals surface area contributed by atoms with E-state index in [-0.39, 0.29) is 31.0 Å². The lowest BCUT2D eigenvalue weighted by atomic mass is 10.0. The van der Waals surface area contributed by atoms with E-state index >= 15 is 0 Å². The van der Waals surface area contributed by atoms with Crippen molar-refractivity contribution in [1.82, 2.24) is 9.80 Å². The van der Waals surface area contributed by atoms with E-state index < -0.39 is 0 Å². The number of carbonyl (C=O) groups is 1. The Hall–Kier alpha value is -1.14. The number of hydrogen-bond donors (Lipinski definition) is 2. The highest BCUT2D eigenvalue weighted by Gasteiger charge is 2.22. The molecule has 1 unspecified atom stereocenters. The molecule has 0 aliphatic carbocycles. The van der Waals surface area contributed by atoms with Crippen LogP contribution >= 0.6 is 12.4 Å². The fourth-order valence-corrected chi connectivity index (χ4v) is 2.50. The van der Waals surface area contributed by atoms with Gasteiger partial charge in [0.15, 0.2) is 0 Å². The minimum Gasteiger partial charge on any atom is -0.395 e. The third-order valence-corrected chi connectivity index (χ3v) is 3.76. The van der Waals surface area contributed by atoms with Crippen molar-refractivity contribution in [3.63, 3.8) is 0 Å². The molecule has 1 aliphatic heterocycles. The van der Waals surface area contributed by atoms with Crippen LogP contribution in [0.1, 0.15) is 18.0 Å². The molecule has 21 heavy (non-hydrogen) atoms. The van der Waals surface area contributed by atoms with Crippen molar-refractivity contribution in [3.05, 3.63) is 35.9 Å². The zero-order chi connectivity index (χ0) is 14.4. The molecule has 118 valence electrons. The summed E-state index contributed by atoms with van der Waals surface area (Å²) in [6.45, 7) is 3.96. The molecule has 0 bridgehead atoms. The second-order valence-electron chi connectivity index (χ2n) is 5.17. The van der Waals surface area contributed by atoms with Crippen molar-refractivity contribution < 1.29 is 9.90 Å². The predicted molar refractivity (Wildman–Crippen MR) is 85.3 cm³/mol. The van der Waals surface area contributed by atoms with Gasteiger partial charge in [0.25, 0.3) is 0 Å². The molecule has 6 heteroatoms. The lowest BCUT2D eigenvalue weighted by Crippen LogP contribution is -2.49. The average Bonchev–Trinajstić information content (AvgIpc) is 2.49. The molecular weight excluding hydrogens is 290 g/mol. The first-order valence-corrected chi connectivity index (χ1v) is 7.12. The first-order chi connectivity index (χ1) is 9.70. The number of aliphatic hydroxyl groups is 1. The molecule has 1 heterocycles. The normalized spacial score (nSPS) is 17.1. The second-order valence-corrected chi connectivity index (χ2v) is 5.17. The van der Waals surface area contributed by atoms with E-state index in [0.29, 0.717) is 13.0 Å². The van der Waals surface area contributed by atoms with Crippen molar-refractivity contribution >= 4 is 18.3 Å². The molecule has 0 aromatic heterocycles. The quantitative estimate of drug-likeness (QED) is 0.837. The van der Waals surface area contributed by atoms with Crippen molar-refractivity contribution in [2.45, 2.75) is 12.5 Å². The van der Waals surface area contributed by atoms with Crippen LogP contribution < -0.4 is 5.73 Å². The first kappa shape index (κ1) is 17.9. The van der Waals surface area contributed by atoms with Gasteiger partial charge in [0.2, 0.25) is 5.91 Å². The van der Waals surface area contributed by atoms with Crippen LogP contribution in [0.3, 0.4) is 0 Å². The Kier molecular flexibility index (Phi) is 7.67. The zero-order valence-corrected chi connectivity index (χ0v) is 13.0. The molecule has 0 radical (unpaired) electrons. The number of hydrogen-bond acceptors (Lipinski definition) is 4. The molecule has 1 atom stereocenters. The fraction of sp³-hybridized carbons (Fsp3) is 0.533. The Morgan fingerprint density at radius 1 is 1.19 bits per heavy atom. The van der Waals surface area contributed by atoms with Gasteiger partial charge in [0, 0.05) is 45.2 Å². The number of benzene rings is 1. The Bertz CT molecular complexity index is 422. The van der Waals surface area contributed by atoms with E-state index in [0.717, 1.165) is 31.7 Å². The molecule has 1 amide bonds. The lowest BCUT2D eigenvalue weighted by molar-refractivity contribution is -0.133. The summed E-state index contributed by atoms with van der Waals surface area (Å²) in [7, 11) is 0. The SMILES string of the molecule is Cl.NC(CC(=O)N1CCN(CCO)CC1)c1ccccc1. The van der Waals surface area contributed by atoms with Crippen molar-refractivity contribution in [2.24, 2.45) is 5.73 Å². The topological polar surface area (TPSA) is 69.8 Å². The van der Waals surface area contributed by atoms with Crippen LogP contribution in [0.15, 0.2) is 30.3 Å². The molecule has 1 aromatic carbocycles. The smallest absolute Gasteiger partial charge is 0.224 e. The summed E-state index contributed by atoms with van der Waals surface area (Å²) in [5.41, 5.74) is 7.09. The highest BCUT2D eigenvalue weighted by atomic mass is 35.5. The summed E-state index contributed by atoms with van der Waals surface area (Å²) in [5, 5.41) is 8.90. The fourth-order valence-electron chi connectivity index (χ4n) is 2.50. The van der Waals surface area contributed by atoms with E-state index in [1.165, 1.54) is 0 Å². The number of carbonyl (C=O) groups excluding carboxylic acids is 1. The minimum absolute atomic E-state index is 0. The highest BCUT2D eigenvalue weighted by molar-refractivity contribution is 5.85. The van der Waals surface area contributed by atoms with Gasteiger partial charge in [-0.3, -0.25) is 9.69 Å². The number of rotatable bonds is 5. The standard InChI is InChI=1S/C15H23N3O2.ClH/c16-14(13-4-2-1-3-5-13)12-15(20)18-8-6-17(7-9-18)10-11-19;/h1-5,14,19H,6-12,16H2;1H. The van der Waals surface area contributed by atoms with Crippen LogP contribution in [0.2, 0.25) is 0 Å². The lowest BCUT2D eigenvalue weighted by Gasteiger charge is -2.34. The van der Waals surface area contributed by atoms with Crippen LogP contribution in [0, 0.1) is 0 Å². The van der Waals surface area contributed by atoms with Crippen molar-refractivity contribution in [1.29, 1.82) is 0 Å². The van der Waals surface area contributed by atoms with Gasteiger partial charge < -0.3 is 15.7 Å². The van der Waals surface area contributed by atoms with Crippen molar-refractivity contribution in [2.75, 3.05) is 39.3 Å². The largest absolute Gasteiger partial charge is 0.395 e. The van der Waals surface area contributed by atoms with Gasteiger partial charge in [-0.1, -0.05) is 30.3 Å². The van der Waals surface area contributed by atoms with Gasteiger partial charge in [0.1, 0.15) is 0 Å². The van der Waals surface area contributed by atoms with Gasteiger partial charge in [0.05, 0.1) is 6.61 Å². The van der Waals surface area contributed by atoms with E-state index in [2.05, 4.69) is 4.90 Å². The number of piperazine rings is 1. The third kappa shape index (κ3) is 5.28. The Balaban J connectivity index is 0.00000220. The highest BCUT2D eigenvalue weighted by Crippen LogP contribution is 2.15. The van der Waals surface area contributed by atoms with Crippen LogP contribution in [-0.4, -0.2) is 60.1 Å². The summed E-state index contributed by atoms with van der Waals surface area (Å²) < 4.78 is 0. The van der Waals surface area contributed by atoms with E-state index in [1.807, 2.05) is 35.2 Å². The second kappa shape index (κ2) is 9.00. The Morgan fingerprint density at radius 2 is 1.81 bits per heavy atom. The summed E-state index contributed by atoms with van der Waals surface area (Å²) in [4.78, 5) is 16.3. The molecule has 3 N–H and O–H groups in total. The van der Waals surface area contributed by atoms with Crippen molar-refractivity contribution in [3.8, 4) is 0 Å². The molecule has 0 saturated carbocycles. The number of β-amino-alcohol motifs (C(OH)–C–C–N with tert-alkyl or cyclic N) is 1. The summed E-state index contributed by atoms with van der Waals surface area (Å²) in [5.74, 6) is 0.116. The van der Waals surface area contributed by atoms with Gasteiger partial charge in [-0.2, -0.15) is 0 Å². The van der Waals surface area contributed by atoms with E-state index in [1.54, 1.807) is 0 Å². The van der Waals surface area contributed by atoms with Crippen LogP contribution in [0.4, 0.5) is 0 Å². The van der Waals surface area contributed by atoms with Gasteiger partial charge in [-0.25, -0.2) is 0 Å². The maximum absolute atomic E-state index is 12.2. The molecule has 2 rings (SSSR count). The van der Waals surface area contributed by atoms with Crippen LogP contribution in [0.25, 0.3) is 0 Å². The van der Waals surface area contributed by atoms with Crippen LogP contribution in [-0.2, 0) is 4.79 Å². The third-order valence-electron chi connectivity index (χ3n) is 3.76. The Labute approximate surface area is 132 Å². The number of nitrogens with zero attached hydrogens (tertiary/aromatic N) is 2. The van der Waals surface area contributed by atoms with E-state index in [4.69, 9.17) is 10.8 Å². The monoisotopic (exact) mass is 313 g/mol. The minimum atomic E-state index is -0.237. The summed E-state index contributed by atoms with van der Waals surface area (Å²) in [6.07, 6.45) is 0.351. The molecule has 1 aromatic rings. The average molecular weight is 314 g/mol.